The number of carbonyl (C=O) groups is 3. The van der Waals surface area contributed by atoms with E-state index in [0.29, 0.717) is 22.6 Å². The summed E-state index contributed by atoms with van der Waals surface area (Å²) in [7, 11) is 1.56. The fraction of sp³-hybridized carbons (Fsp3) is 0.125. The Morgan fingerprint density at radius 3 is 2.03 bits per heavy atom. The molecule has 4 rings (SSSR count). The molecule has 0 saturated heterocycles. The fourth-order valence-electron chi connectivity index (χ4n) is 3.53. The molecule has 0 radical (unpaired) electrons. The number of fused-ring (bicyclic) bond motifs is 1. The first-order valence-corrected chi connectivity index (χ1v) is 9.79. The molecule has 0 saturated carbocycles. The molecule has 156 valence electrons. The highest BCUT2D eigenvalue weighted by molar-refractivity contribution is 6.21. The van der Waals surface area contributed by atoms with Crippen LogP contribution in [0.3, 0.4) is 0 Å². The van der Waals surface area contributed by atoms with Crippen LogP contribution in [0.2, 0.25) is 0 Å². The molecule has 0 aromatic heterocycles. The van der Waals surface area contributed by atoms with E-state index >= 15 is 0 Å². The van der Waals surface area contributed by atoms with Crippen LogP contribution in [0.5, 0.6) is 5.75 Å². The van der Waals surface area contributed by atoms with E-state index in [1.807, 2.05) is 30.3 Å². The number of amides is 4. The van der Waals surface area contributed by atoms with Crippen molar-refractivity contribution in [3.05, 3.63) is 95.6 Å². The second kappa shape index (κ2) is 8.71. The maximum Gasteiger partial charge on any atom is 0.320 e. The van der Waals surface area contributed by atoms with Gasteiger partial charge in [-0.05, 0) is 42.0 Å². The number of hydrogen-bond donors (Lipinski definition) is 2. The van der Waals surface area contributed by atoms with Crippen molar-refractivity contribution in [2.45, 2.75) is 12.6 Å². The molecule has 1 aliphatic heterocycles. The van der Waals surface area contributed by atoms with Crippen LogP contribution in [0.25, 0.3) is 0 Å². The molecule has 0 spiro atoms. The van der Waals surface area contributed by atoms with Gasteiger partial charge in [0.1, 0.15) is 11.9 Å². The van der Waals surface area contributed by atoms with Crippen molar-refractivity contribution in [1.29, 1.82) is 0 Å². The third kappa shape index (κ3) is 4.25. The second-order valence-corrected chi connectivity index (χ2v) is 7.06. The van der Waals surface area contributed by atoms with Crippen LogP contribution >= 0.6 is 0 Å². The molecule has 1 atom stereocenters. The van der Waals surface area contributed by atoms with Gasteiger partial charge in [0, 0.05) is 12.1 Å². The number of nitrogens with zero attached hydrogens (tertiary/aromatic N) is 1. The normalized spacial score (nSPS) is 13.5. The topological polar surface area (TPSA) is 87.7 Å². The summed E-state index contributed by atoms with van der Waals surface area (Å²) in [4.78, 5) is 39.8. The highest BCUT2D eigenvalue weighted by Gasteiger charge is 2.40. The number of methoxy groups -OCH3 is 1. The van der Waals surface area contributed by atoms with Crippen molar-refractivity contribution in [2.24, 2.45) is 0 Å². The number of carbonyl (C=O) groups excluding carboxylic acids is 3. The van der Waals surface area contributed by atoms with Gasteiger partial charge in [-0.3, -0.25) is 14.5 Å². The molecule has 4 amide bonds. The number of urea groups is 1. The average Bonchev–Trinajstić information content (AvgIpc) is 3.05. The van der Waals surface area contributed by atoms with E-state index in [1.54, 1.807) is 55.6 Å². The standard InChI is InChI=1S/C24H21N3O4/c1-31-18-13-11-17(12-14-18)25-24(30)26-21(15-16-7-3-2-4-8-16)27-22(28)19-9-5-6-10-20(19)23(27)29/h2-14,21H,15H2,1H3,(H2,25,26,30). The molecule has 2 N–H and O–H groups in total. The van der Waals surface area contributed by atoms with E-state index in [0.717, 1.165) is 10.5 Å². The van der Waals surface area contributed by atoms with E-state index < -0.39 is 24.0 Å². The maximum absolute atomic E-state index is 13.0. The van der Waals surface area contributed by atoms with E-state index in [1.165, 1.54) is 0 Å². The number of benzene rings is 3. The van der Waals surface area contributed by atoms with Gasteiger partial charge in [0.15, 0.2) is 0 Å². The number of ether oxygens (including phenoxy) is 1. The third-order valence-corrected chi connectivity index (χ3v) is 5.05. The van der Waals surface area contributed by atoms with Gasteiger partial charge >= 0.3 is 6.03 Å². The van der Waals surface area contributed by atoms with Crippen molar-refractivity contribution in [2.75, 3.05) is 12.4 Å². The van der Waals surface area contributed by atoms with Crippen molar-refractivity contribution in [3.8, 4) is 5.75 Å². The van der Waals surface area contributed by atoms with E-state index in [9.17, 15) is 14.4 Å². The molecule has 3 aromatic carbocycles. The smallest absolute Gasteiger partial charge is 0.320 e. The molecule has 0 aliphatic carbocycles. The van der Waals surface area contributed by atoms with Crippen molar-refractivity contribution >= 4 is 23.5 Å². The summed E-state index contributed by atoms with van der Waals surface area (Å²) in [5.41, 5.74) is 2.11. The highest BCUT2D eigenvalue weighted by Crippen LogP contribution is 2.25. The van der Waals surface area contributed by atoms with E-state index in [4.69, 9.17) is 4.74 Å². The van der Waals surface area contributed by atoms with E-state index in [-0.39, 0.29) is 6.42 Å². The summed E-state index contributed by atoms with van der Waals surface area (Å²) >= 11 is 0. The summed E-state index contributed by atoms with van der Waals surface area (Å²) < 4.78 is 5.12. The molecule has 31 heavy (non-hydrogen) atoms. The predicted molar refractivity (Wildman–Crippen MR) is 116 cm³/mol. The van der Waals surface area contributed by atoms with Gasteiger partial charge in [-0.1, -0.05) is 42.5 Å². The van der Waals surface area contributed by atoms with Crippen LogP contribution < -0.4 is 15.4 Å². The third-order valence-electron chi connectivity index (χ3n) is 5.05. The SMILES string of the molecule is COc1ccc(NC(=O)NC(Cc2ccccc2)N2C(=O)c3ccccc3C2=O)cc1. The molecule has 3 aromatic rings. The molecular formula is C24H21N3O4. The number of anilines is 1. The number of imide groups is 1. The quantitative estimate of drug-likeness (QED) is 0.601. The molecule has 1 heterocycles. The summed E-state index contributed by atoms with van der Waals surface area (Å²) in [6.07, 6.45) is -0.574. The highest BCUT2D eigenvalue weighted by atomic mass is 16.5. The lowest BCUT2D eigenvalue weighted by molar-refractivity contribution is 0.0565. The Balaban J connectivity index is 1.56. The molecular weight excluding hydrogens is 394 g/mol. The lowest BCUT2D eigenvalue weighted by Gasteiger charge is -2.27. The second-order valence-electron chi connectivity index (χ2n) is 7.06. The first-order chi connectivity index (χ1) is 15.1. The van der Waals surface area contributed by atoms with Gasteiger partial charge in [0.25, 0.3) is 11.8 Å². The van der Waals surface area contributed by atoms with Crippen LogP contribution in [0.15, 0.2) is 78.9 Å². The van der Waals surface area contributed by atoms with Crippen molar-refractivity contribution < 1.29 is 19.1 Å². The first-order valence-electron chi connectivity index (χ1n) is 9.79. The summed E-state index contributed by atoms with van der Waals surface area (Å²) in [5, 5.41) is 5.51. The Morgan fingerprint density at radius 1 is 0.871 bits per heavy atom. The Bertz CT molecular complexity index is 1080. The van der Waals surface area contributed by atoms with Crippen LogP contribution in [-0.2, 0) is 6.42 Å². The molecule has 1 unspecified atom stereocenters. The zero-order valence-corrected chi connectivity index (χ0v) is 16.9. The van der Waals surface area contributed by atoms with Gasteiger partial charge < -0.3 is 15.4 Å². The zero-order valence-electron chi connectivity index (χ0n) is 16.9. The Kier molecular flexibility index (Phi) is 5.66. The monoisotopic (exact) mass is 415 g/mol. The van der Waals surface area contributed by atoms with Crippen LogP contribution in [0, 0.1) is 0 Å². The largest absolute Gasteiger partial charge is 0.497 e. The van der Waals surface area contributed by atoms with Crippen molar-refractivity contribution in [3.63, 3.8) is 0 Å². The van der Waals surface area contributed by atoms with Gasteiger partial charge in [0.05, 0.1) is 18.2 Å². The lowest BCUT2D eigenvalue weighted by atomic mass is 10.1. The summed E-state index contributed by atoms with van der Waals surface area (Å²) in [6, 6.07) is 22.4. The molecule has 1 aliphatic rings. The lowest BCUT2D eigenvalue weighted by Crippen LogP contribution is -2.53. The molecule has 0 fully saturated rings. The van der Waals surface area contributed by atoms with Crippen LogP contribution in [0.4, 0.5) is 10.5 Å². The first kappa shape index (κ1) is 20.2. The minimum Gasteiger partial charge on any atom is -0.497 e. The summed E-state index contributed by atoms with van der Waals surface area (Å²) in [6.45, 7) is 0. The van der Waals surface area contributed by atoms with Crippen LogP contribution in [-0.4, -0.2) is 36.0 Å². The minimum atomic E-state index is -0.854. The van der Waals surface area contributed by atoms with Gasteiger partial charge in [-0.15, -0.1) is 0 Å². The van der Waals surface area contributed by atoms with E-state index in [2.05, 4.69) is 10.6 Å². The Labute approximate surface area is 179 Å². The summed E-state index contributed by atoms with van der Waals surface area (Å²) in [5.74, 6) is -0.184. The fourth-order valence-corrected chi connectivity index (χ4v) is 3.53. The molecule has 7 heteroatoms. The predicted octanol–water partition coefficient (Wildman–Crippen LogP) is 3.68. The van der Waals surface area contributed by atoms with Gasteiger partial charge in [0.2, 0.25) is 0 Å². The number of rotatable bonds is 6. The van der Waals surface area contributed by atoms with Crippen LogP contribution in [0.1, 0.15) is 26.3 Å². The molecule has 7 nitrogen and oxygen atoms in total. The molecule has 0 bridgehead atoms. The van der Waals surface area contributed by atoms with Gasteiger partial charge in [-0.25, -0.2) is 4.79 Å². The Morgan fingerprint density at radius 2 is 1.45 bits per heavy atom. The average molecular weight is 415 g/mol. The number of nitrogens with one attached hydrogen (secondary N) is 2. The van der Waals surface area contributed by atoms with Gasteiger partial charge in [-0.2, -0.15) is 0 Å². The van der Waals surface area contributed by atoms with Crippen molar-refractivity contribution in [1.82, 2.24) is 10.2 Å². The Hall–Kier alpha value is -4.13. The number of hydrogen-bond acceptors (Lipinski definition) is 4. The maximum atomic E-state index is 13.0. The zero-order chi connectivity index (χ0) is 21.8. The minimum absolute atomic E-state index is 0.280.